The molecular formula is C24H32O6S. The summed E-state index contributed by atoms with van der Waals surface area (Å²) in [4.78, 5) is 12.6. The van der Waals surface area contributed by atoms with Gasteiger partial charge in [0.15, 0.2) is 21.3 Å². The van der Waals surface area contributed by atoms with Crippen LogP contribution in [-0.4, -0.2) is 41.0 Å². The number of carbonyl (C=O) groups excluding carboxylic acids is 1. The molecule has 1 unspecified atom stereocenters. The van der Waals surface area contributed by atoms with E-state index in [9.17, 15) is 13.2 Å². The van der Waals surface area contributed by atoms with Gasteiger partial charge in [-0.3, -0.25) is 4.79 Å². The second kappa shape index (κ2) is 10.7. The van der Waals surface area contributed by atoms with Crippen molar-refractivity contribution < 1.29 is 27.4 Å². The van der Waals surface area contributed by atoms with Crippen molar-refractivity contribution >= 4 is 15.8 Å². The minimum atomic E-state index is -3.85. The summed E-state index contributed by atoms with van der Waals surface area (Å²) >= 11 is 0. The number of hydrogen-bond acceptors (Lipinski definition) is 6. The Bertz CT molecular complexity index is 967. The number of unbranched alkanes of at least 4 members (excludes halogenated alkanes) is 1. The van der Waals surface area contributed by atoms with E-state index in [1.165, 1.54) is 39.0 Å². The molecule has 0 aromatic heterocycles. The van der Waals surface area contributed by atoms with E-state index in [1.54, 1.807) is 19.9 Å². The van der Waals surface area contributed by atoms with E-state index < -0.39 is 26.5 Å². The van der Waals surface area contributed by atoms with Gasteiger partial charge in [0.05, 0.1) is 36.9 Å². The normalized spacial score (nSPS) is 12.8. The molecule has 0 heterocycles. The Morgan fingerprint density at radius 2 is 1.58 bits per heavy atom. The minimum absolute atomic E-state index is 0.0928. The molecule has 0 N–H and O–H groups in total. The Labute approximate surface area is 185 Å². The van der Waals surface area contributed by atoms with Crippen LogP contribution < -0.4 is 9.47 Å². The maximum Gasteiger partial charge on any atom is 0.312 e. The molecule has 0 bridgehead atoms. The van der Waals surface area contributed by atoms with Crippen LogP contribution >= 0.6 is 0 Å². The van der Waals surface area contributed by atoms with E-state index in [2.05, 4.69) is 12.1 Å². The van der Waals surface area contributed by atoms with Gasteiger partial charge in [0.2, 0.25) is 0 Å². The first-order chi connectivity index (χ1) is 14.7. The summed E-state index contributed by atoms with van der Waals surface area (Å²) in [5.41, 5.74) is -0.0120. The first-order valence-corrected chi connectivity index (χ1v) is 11.8. The summed E-state index contributed by atoms with van der Waals surface area (Å²) in [7, 11) is 0.365. The smallest absolute Gasteiger partial charge is 0.312 e. The molecule has 2 aromatic rings. The molecule has 0 aliphatic rings. The topological polar surface area (TPSA) is 78.9 Å². The molecule has 170 valence electrons. The fourth-order valence-electron chi connectivity index (χ4n) is 3.76. The number of carbonyl (C=O) groups is 1. The Morgan fingerprint density at radius 1 is 0.935 bits per heavy atom. The number of sulfone groups is 1. The molecule has 0 spiro atoms. The van der Waals surface area contributed by atoms with Crippen molar-refractivity contribution in [3.05, 3.63) is 54.1 Å². The molecule has 0 amide bonds. The molecule has 2 aromatic carbocycles. The molecule has 0 fully saturated rings. The van der Waals surface area contributed by atoms with Crippen LogP contribution in [-0.2, 0) is 25.8 Å². The van der Waals surface area contributed by atoms with Gasteiger partial charge in [-0.25, -0.2) is 8.42 Å². The van der Waals surface area contributed by atoms with E-state index in [0.717, 1.165) is 12.8 Å². The highest BCUT2D eigenvalue weighted by molar-refractivity contribution is 7.92. The lowest BCUT2D eigenvalue weighted by atomic mass is 9.86. The third kappa shape index (κ3) is 5.79. The predicted molar refractivity (Wildman–Crippen MR) is 120 cm³/mol. The van der Waals surface area contributed by atoms with Gasteiger partial charge in [0, 0.05) is 6.07 Å². The summed E-state index contributed by atoms with van der Waals surface area (Å²) in [6.07, 6.45) is 2.67. The third-order valence-electron chi connectivity index (χ3n) is 5.60. The summed E-state index contributed by atoms with van der Waals surface area (Å²) in [5, 5.41) is -0.943. The third-order valence-corrected chi connectivity index (χ3v) is 8.08. The quantitative estimate of drug-likeness (QED) is 0.373. The SMILES string of the molecule is COC(=O)C(C)(C)C(CCCCc1ccccc1)S(=O)(=O)c1ccc(OC)c(OC)c1. The predicted octanol–water partition coefficient (Wildman–Crippen LogP) is 4.46. The van der Waals surface area contributed by atoms with Crippen LogP contribution in [0.4, 0.5) is 0 Å². The lowest BCUT2D eigenvalue weighted by molar-refractivity contribution is -0.150. The minimum Gasteiger partial charge on any atom is -0.493 e. The van der Waals surface area contributed by atoms with Crippen molar-refractivity contribution in [3.8, 4) is 11.5 Å². The van der Waals surface area contributed by atoms with Crippen LogP contribution in [0, 0.1) is 5.41 Å². The van der Waals surface area contributed by atoms with Gasteiger partial charge in [-0.2, -0.15) is 0 Å². The highest BCUT2D eigenvalue weighted by atomic mass is 32.2. The lowest BCUT2D eigenvalue weighted by Crippen LogP contribution is -2.43. The highest BCUT2D eigenvalue weighted by Gasteiger charge is 2.46. The van der Waals surface area contributed by atoms with Gasteiger partial charge in [0.1, 0.15) is 0 Å². The largest absolute Gasteiger partial charge is 0.493 e. The molecule has 2 rings (SSSR count). The molecule has 0 aliphatic heterocycles. The van der Waals surface area contributed by atoms with E-state index in [0.29, 0.717) is 24.3 Å². The van der Waals surface area contributed by atoms with Gasteiger partial charge < -0.3 is 14.2 Å². The second-order valence-corrected chi connectivity index (χ2v) is 10.1. The molecule has 7 heteroatoms. The highest BCUT2D eigenvalue weighted by Crippen LogP contribution is 2.38. The number of aryl methyl sites for hydroxylation is 1. The maximum absolute atomic E-state index is 13.6. The zero-order valence-electron chi connectivity index (χ0n) is 18.9. The fourth-order valence-corrected chi connectivity index (χ4v) is 5.97. The Kier molecular flexibility index (Phi) is 8.51. The summed E-state index contributed by atoms with van der Waals surface area (Å²) in [5.74, 6) is 0.208. The van der Waals surface area contributed by atoms with Gasteiger partial charge in [-0.05, 0) is 50.8 Å². The number of esters is 1. The number of rotatable bonds is 11. The van der Waals surface area contributed by atoms with Gasteiger partial charge >= 0.3 is 5.97 Å². The van der Waals surface area contributed by atoms with Crippen LogP contribution in [0.3, 0.4) is 0 Å². The second-order valence-electron chi connectivity index (χ2n) is 8.00. The Morgan fingerprint density at radius 3 is 2.16 bits per heavy atom. The van der Waals surface area contributed by atoms with Crippen LogP contribution in [0.5, 0.6) is 11.5 Å². The van der Waals surface area contributed by atoms with Crippen LogP contribution in [0.2, 0.25) is 0 Å². The number of methoxy groups -OCH3 is 3. The van der Waals surface area contributed by atoms with Crippen molar-refractivity contribution in [1.29, 1.82) is 0 Å². The Hall–Kier alpha value is -2.54. The van der Waals surface area contributed by atoms with Crippen molar-refractivity contribution in [2.24, 2.45) is 5.41 Å². The monoisotopic (exact) mass is 448 g/mol. The Balaban J connectivity index is 2.31. The van der Waals surface area contributed by atoms with E-state index in [4.69, 9.17) is 14.2 Å². The zero-order valence-corrected chi connectivity index (χ0v) is 19.7. The molecule has 0 radical (unpaired) electrons. The first-order valence-electron chi connectivity index (χ1n) is 10.3. The molecule has 31 heavy (non-hydrogen) atoms. The standard InChI is InChI=1S/C24H32O6S/c1-24(2,23(25)30-5)22(14-10-9-13-18-11-7-6-8-12-18)31(26,27)19-15-16-20(28-3)21(17-19)29-4/h6-8,11-12,15-17,22H,9-10,13-14H2,1-5H3. The fraction of sp³-hybridized carbons (Fsp3) is 0.458. The molecule has 0 saturated carbocycles. The lowest BCUT2D eigenvalue weighted by Gasteiger charge is -2.31. The number of benzene rings is 2. The van der Waals surface area contributed by atoms with Gasteiger partial charge in [0.25, 0.3) is 0 Å². The van der Waals surface area contributed by atoms with Crippen LogP contribution in [0.1, 0.15) is 38.7 Å². The maximum atomic E-state index is 13.6. The average Bonchev–Trinajstić information content (AvgIpc) is 2.78. The molecule has 0 aliphatic carbocycles. The van der Waals surface area contributed by atoms with Crippen molar-refractivity contribution in [2.75, 3.05) is 21.3 Å². The van der Waals surface area contributed by atoms with E-state index in [-0.39, 0.29) is 4.90 Å². The zero-order chi connectivity index (χ0) is 23.1. The molecular weight excluding hydrogens is 416 g/mol. The average molecular weight is 449 g/mol. The van der Waals surface area contributed by atoms with Crippen LogP contribution in [0.15, 0.2) is 53.4 Å². The summed E-state index contributed by atoms with van der Waals surface area (Å²) in [6.45, 7) is 3.25. The molecule has 0 saturated heterocycles. The molecule has 6 nitrogen and oxygen atoms in total. The van der Waals surface area contributed by atoms with Crippen LogP contribution in [0.25, 0.3) is 0 Å². The summed E-state index contributed by atoms with van der Waals surface area (Å²) in [6, 6.07) is 14.5. The number of ether oxygens (including phenoxy) is 3. The summed E-state index contributed by atoms with van der Waals surface area (Å²) < 4.78 is 42.7. The van der Waals surface area contributed by atoms with Gasteiger partial charge in [-0.15, -0.1) is 0 Å². The molecule has 1 atom stereocenters. The van der Waals surface area contributed by atoms with E-state index in [1.807, 2.05) is 18.2 Å². The first kappa shape index (κ1) is 24.7. The van der Waals surface area contributed by atoms with Crippen molar-refractivity contribution in [2.45, 2.75) is 49.7 Å². The number of hydrogen-bond donors (Lipinski definition) is 0. The van der Waals surface area contributed by atoms with Crippen molar-refractivity contribution in [3.63, 3.8) is 0 Å². The van der Waals surface area contributed by atoms with Crippen molar-refractivity contribution in [1.82, 2.24) is 0 Å². The van der Waals surface area contributed by atoms with E-state index >= 15 is 0 Å². The van der Waals surface area contributed by atoms with Gasteiger partial charge in [-0.1, -0.05) is 36.8 Å².